The third kappa shape index (κ3) is 3.94. The van der Waals surface area contributed by atoms with Crippen molar-refractivity contribution in [2.75, 3.05) is 29.9 Å². The molecule has 0 aromatic heterocycles. The lowest BCUT2D eigenvalue weighted by Gasteiger charge is -2.31. The number of aryl methyl sites for hydroxylation is 1. The smallest absolute Gasteiger partial charge is 0.231 e. The molecule has 1 fully saturated rings. The lowest BCUT2D eigenvalue weighted by atomic mass is 9.88. The van der Waals surface area contributed by atoms with Gasteiger partial charge in [-0.25, -0.2) is 0 Å². The third-order valence-corrected chi connectivity index (χ3v) is 5.92. The Morgan fingerprint density at radius 1 is 1.14 bits per heavy atom. The number of hydrogen-bond donors (Lipinski definition) is 2. The summed E-state index contributed by atoms with van der Waals surface area (Å²) in [5, 5.41) is 6.19. The van der Waals surface area contributed by atoms with E-state index in [2.05, 4.69) is 16.7 Å². The average Bonchev–Trinajstić information content (AvgIpc) is 2.67. The van der Waals surface area contributed by atoms with Crippen LogP contribution < -0.4 is 15.5 Å². The van der Waals surface area contributed by atoms with Gasteiger partial charge in [0.1, 0.15) is 0 Å². The SMILES string of the molecule is CC(C(=O)Nc1ccc(CC(=O)N2CCCc3ccccc32)cc1)C1CNC1. The van der Waals surface area contributed by atoms with E-state index in [0.29, 0.717) is 12.3 Å². The van der Waals surface area contributed by atoms with Crippen LogP contribution in [0.15, 0.2) is 48.5 Å². The molecule has 2 amide bonds. The van der Waals surface area contributed by atoms with E-state index in [1.807, 2.05) is 54.3 Å². The lowest BCUT2D eigenvalue weighted by Crippen LogP contribution is -2.48. The van der Waals surface area contributed by atoms with Crippen LogP contribution in [0.3, 0.4) is 0 Å². The van der Waals surface area contributed by atoms with Crippen molar-refractivity contribution in [3.63, 3.8) is 0 Å². The Labute approximate surface area is 166 Å². The van der Waals surface area contributed by atoms with Crippen molar-refractivity contribution >= 4 is 23.2 Å². The molecular weight excluding hydrogens is 350 g/mol. The fraction of sp³-hybridized carbons (Fsp3) is 0.391. The zero-order valence-corrected chi connectivity index (χ0v) is 16.3. The van der Waals surface area contributed by atoms with Gasteiger partial charge in [0.2, 0.25) is 11.8 Å². The number of carbonyl (C=O) groups excluding carboxylic acids is 2. The molecular formula is C23H27N3O2. The Morgan fingerprint density at radius 2 is 1.89 bits per heavy atom. The molecule has 2 heterocycles. The normalized spacial score (nSPS) is 17.4. The molecule has 2 aromatic rings. The summed E-state index contributed by atoms with van der Waals surface area (Å²) in [6, 6.07) is 15.8. The Bertz CT molecular complexity index is 858. The van der Waals surface area contributed by atoms with Crippen molar-refractivity contribution in [2.45, 2.75) is 26.2 Å². The molecule has 0 aliphatic carbocycles. The first-order valence-electron chi connectivity index (χ1n) is 10.1. The van der Waals surface area contributed by atoms with Crippen molar-refractivity contribution in [1.29, 1.82) is 0 Å². The van der Waals surface area contributed by atoms with Crippen LogP contribution in [0.4, 0.5) is 11.4 Å². The minimum atomic E-state index is 0.00155. The molecule has 0 saturated carbocycles. The van der Waals surface area contributed by atoms with Crippen LogP contribution >= 0.6 is 0 Å². The molecule has 0 bridgehead atoms. The number of hydrogen-bond acceptors (Lipinski definition) is 3. The van der Waals surface area contributed by atoms with Crippen LogP contribution in [0.25, 0.3) is 0 Å². The van der Waals surface area contributed by atoms with Crippen molar-refractivity contribution in [3.05, 3.63) is 59.7 Å². The van der Waals surface area contributed by atoms with Gasteiger partial charge < -0.3 is 15.5 Å². The standard InChI is InChI=1S/C23H27N3O2/c1-16(19-14-24-15-19)23(28)25-20-10-8-17(9-11-20)13-22(27)26-12-4-6-18-5-2-3-7-21(18)26/h2-3,5,7-11,16,19,24H,4,6,12-15H2,1H3,(H,25,28). The zero-order valence-electron chi connectivity index (χ0n) is 16.3. The van der Waals surface area contributed by atoms with E-state index < -0.39 is 0 Å². The number of amides is 2. The summed E-state index contributed by atoms with van der Waals surface area (Å²) in [4.78, 5) is 27.1. The fourth-order valence-corrected chi connectivity index (χ4v) is 3.90. The van der Waals surface area contributed by atoms with Gasteiger partial charge in [0.25, 0.3) is 0 Å². The van der Waals surface area contributed by atoms with Crippen LogP contribution in [0, 0.1) is 11.8 Å². The van der Waals surface area contributed by atoms with Gasteiger partial charge >= 0.3 is 0 Å². The lowest BCUT2D eigenvalue weighted by molar-refractivity contribution is -0.121. The van der Waals surface area contributed by atoms with E-state index in [4.69, 9.17) is 0 Å². The van der Waals surface area contributed by atoms with Crippen LogP contribution in [-0.4, -0.2) is 31.4 Å². The van der Waals surface area contributed by atoms with Gasteiger partial charge in [0.05, 0.1) is 6.42 Å². The predicted octanol–water partition coefficient (Wildman–Crippen LogP) is 3.00. The van der Waals surface area contributed by atoms with E-state index in [-0.39, 0.29) is 17.7 Å². The van der Waals surface area contributed by atoms with Crippen LogP contribution in [0.5, 0.6) is 0 Å². The van der Waals surface area contributed by atoms with Gasteiger partial charge in [0.15, 0.2) is 0 Å². The van der Waals surface area contributed by atoms with E-state index in [1.54, 1.807) is 0 Å². The number of benzene rings is 2. The maximum Gasteiger partial charge on any atom is 0.231 e. The summed E-state index contributed by atoms with van der Waals surface area (Å²) >= 11 is 0. The third-order valence-electron chi connectivity index (χ3n) is 5.92. The van der Waals surface area contributed by atoms with E-state index in [0.717, 1.165) is 49.4 Å². The summed E-state index contributed by atoms with van der Waals surface area (Å²) in [7, 11) is 0. The van der Waals surface area contributed by atoms with E-state index in [1.165, 1.54) is 5.56 Å². The Morgan fingerprint density at radius 3 is 2.61 bits per heavy atom. The second-order valence-corrected chi connectivity index (χ2v) is 7.85. The fourth-order valence-electron chi connectivity index (χ4n) is 3.90. The van der Waals surface area contributed by atoms with Crippen LogP contribution in [-0.2, 0) is 22.4 Å². The molecule has 2 aliphatic rings. The first-order chi connectivity index (χ1) is 13.6. The molecule has 28 heavy (non-hydrogen) atoms. The molecule has 2 aliphatic heterocycles. The van der Waals surface area contributed by atoms with E-state index in [9.17, 15) is 9.59 Å². The quantitative estimate of drug-likeness (QED) is 0.842. The first kappa shape index (κ1) is 18.7. The second kappa shape index (κ2) is 8.15. The Balaban J connectivity index is 1.37. The van der Waals surface area contributed by atoms with Crippen molar-refractivity contribution in [1.82, 2.24) is 5.32 Å². The topological polar surface area (TPSA) is 61.4 Å². The average molecular weight is 377 g/mol. The number of rotatable bonds is 5. The van der Waals surface area contributed by atoms with Crippen molar-refractivity contribution < 1.29 is 9.59 Å². The predicted molar refractivity (Wildman–Crippen MR) is 111 cm³/mol. The number of nitrogens with zero attached hydrogens (tertiary/aromatic N) is 1. The highest BCUT2D eigenvalue weighted by Gasteiger charge is 2.28. The van der Waals surface area contributed by atoms with Gasteiger partial charge in [-0.05, 0) is 61.2 Å². The molecule has 0 spiro atoms. The number of carbonyl (C=O) groups is 2. The number of fused-ring (bicyclic) bond motifs is 1. The number of anilines is 2. The summed E-state index contributed by atoms with van der Waals surface area (Å²) < 4.78 is 0. The van der Waals surface area contributed by atoms with Gasteiger partial charge in [-0.15, -0.1) is 0 Å². The maximum atomic E-state index is 12.8. The molecule has 2 N–H and O–H groups in total. The number of nitrogens with one attached hydrogen (secondary N) is 2. The molecule has 2 aromatic carbocycles. The largest absolute Gasteiger partial charge is 0.326 e. The Hall–Kier alpha value is -2.66. The molecule has 5 heteroatoms. The monoisotopic (exact) mass is 377 g/mol. The Kier molecular flexibility index (Phi) is 5.44. The molecule has 5 nitrogen and oxygen atoms in total. The number of para-hydroxylation sites is 1. The first-order valence-corrected chi connectivity index (χ1v) is 10.1. The second-order valence-electron chi connectivity index (χ2n) is 7.85. The highest BCUT2D eigenvalue weighted by atomic mass is 16.2. The highest BCUT2D eigenvalue weighted by molar-refractivity contribution is 5.96. The minimum Gasteiger partial charge on any atom is -0.326 e. The minimum absolute atomic E-state index is 0.00155. The molecule has 1 atom stereocenters. The maximum absolute atomic E-state index is 12.8. The highest BCUT2D eigenvalue weighted by Crippen LogP contribution is 2.27. The summed E-state index contributed by atoms with van der Waals surface area (Å²) in [5.41, 5.74) is 4.03. The molecule has 1 unspecified atom stereocenters. The van der Waals surface area contributed by atoms with Crippen molar-refractivity contribution in [2.24, 2.45) is 11.8 Å². The molecule has 0 radical (unpaired) electrons. The molecule has 4 rings (SSSR count). The van der Waals surface area contributed by atoms with E-state index >= 15 is 0 Å². The van der Waals surface area contributed by atoms with Gasteiger partial charge in [-0.1, -0.05) is 37.3 Å². The zero-order chi connectivity index (χ0) is 19.5. The van der Waals surface area contributed by atoms with Crippen LogP contribution in [0.1, 0.15) is 24.5 Å². The van der Waals surface area contributed by atoms with Crippen molar-refractivity contribution in [3.8, 4) is 0 Å². The van der Waals surface area contributed by atoms with Gasteiger partial charge in [-0.3, -0.25) is 9.59 Å². The summed E-state index contributed by atoms with van der Waals surface area (Å²) in [6.45, 7) is 4.58. The van der Waals surface area contributed by atoms with Gasteiger partial charge in [-0.2, -0.15) is 0 Å². The van der Waals surface area contributed by atoms with Gasteiger partial charge in [0, 0.05) is 23.8 Å². The molecule has 1 saturated heterocycles. The summed E-state index contributed by atoms with van der Waals surface area (Å²) in [6.07, 6.45) is 2.40. The molecule has 146 valence electrons. The summed E-state index contributed by atoms with van der Waals surface area (Å²) in [5.74, 6) is 0.598. The van der Waals surface area contributed by atoms with Crippen LogP contribution in [0.2, 0.25) is 0 Å².